The Morgan fingerprint density at radius 1 is 1.15 bits per heavy atom. The molecule has 0 saturated carbocycles. The van der Waals surface area contributed by atoms with E-state index >= 15 is 0 Å². The van der Waals surface area contributed by atoms with Gasteiger partial charge >= 0.3 is 0 Å². The smallest absolute Gasteiger partial charge is 0.229 e. The van der Waals surface area contributed by atoms with Crippen LogP contribution >= 0.6 is 10.8 Å². The second kappa shape index (κ2) is 9.66. The van der Waals surface area contributed by atoms with Gasteiger partial charge in [-0.3, -0.25) is 23.4 Å². The summed E-state index contributed by atoms with van der Waals surface area (Å²) in [7, 11) is -7.56. The van der Waals surface area contributed by atoms with Gasteiger partial charge in [0, 0.05) is 12.5 Å². The van der Waals surface area contributed by atoms with Crippen molar-refractivity contribution in [2.75, 3.05) is 16.3 Å². The standard InChI is InChI=1S/C26H32N4O7S2/c1-15(31)28-26(13-12-25(2,3)4)18-9-7-6-8-17(18)22(32)21(23(26)33)24-27-19-11-10-16(29-38(5,34)35)14-20(19)39(36,37)30-24/h6-11,14,29,32,36-37H,12-13H2,1-5H3,(H,27,30)(H,28,31). The number of sulfonamides is 1. The summed E-state index contributed by atoms with van der Waals surface area (Å²) < 4.78 is 51.5. The molecule has 0 aromatic heterocycles. The average Bonchev–Trinajstić information content (AvgIpc) is 2.79. The lowest BCUT2D eigenvalue weighted by molar-refractivity contribution is -0.129. The first-order chi connectivity index (χ1) is 17.9. The molecular formula is C26H32N4O7S2. The van der Waals surface area contributed by atoms with Crippen molar-refractivity contribution in [3.8, 4) is 0 Å². The lowest BCUT2D eigenvalue weighted by Crippen LogP contribution is -2.55. The predicted octanol–water partition coefficient (Wildman–Crippen LogP) is 4.62. The molecule has 13 heteroatoms. The van der Waals surface area contributed by atoms with Gasteiger partial charge in [-0.25, -0.2) is 8.42 Å². The molecule has 0 fully saturated rings. The van der Waals surface area contributed by atoms with Crippen molar-refractivity contribution in [1.82, 2.24) is 5.32 Å². The predicted molar refractivity (Wildman–Crippen MR) is 152 cm³/mol. The number of fused-ring (bicyclic) bond motifs is 2. The fourth-order valence-corrected chi connectivity index (χ4v) is 6.47. The lowest BCUT2D eigenvalue weighted by Gasteiger charge is -2.41. The summed E-state index contributed by atoms with van der Waals surface area (Å²) in [6.45, 7) is 7.33. The summed E-state index contributed by atoms with van der Waals surface area (Å²) >= 11 is 0. The van der Waals surface area contributed by atoms with Gasteiger partial charge in [-0.1, -0.05) is 55.8 Å². The molecule has 11 nitrogen and oxygen atoms in total. The number of nitrogens with zero attached hydrogens (tertiary/aromatic N) is 1. The van der Waals surface area contributed by atoms with Crippen LogP contribution in [0.25, 0.3) is 5.76 Å². The van der Waals surface area contributed by atoms with Crippen LogP contribution < -0.4 is 15.4 Å². The second-order valence-corrected chi connectivity index (χ2v) is 14.3. The first-order valence-electron chi connectivity index (χ1n) is 12.1. The zero-order valence-corrected chi connectivity index (χ0v) is 23.8. The number of hydrogen-bond acceptors (Lipinski definition) is 9. The normalized spacial score (nSPS) is 21.2. The molecular weight excluding hydrogens is 544 g/mol. The van der Waals surface area contributed by atoms with Crippen molar-refractivity contribution in [2.24, 2.45) is 9.81 Å². The van der Waals surface area contributed by atoms with E-state index in [2.05, 4.69) is 19.8 Å². The minimum absolute atomic E-state index is 0.0910. The number of ketones is 1. The Bertz CT molecular complexity index is 1540. The van der Waals surface area contributed by atoms with E-state index in [4.69, 9.17) is 0 Å². The number of amidine groups is 1. The summed E-state index contributed by atoms with van der Waals surface area (Å²) in [6.07, 6.45) is 1.71. The number of amides is 1. The van der Waals surface area contributed by atoms with Crippen molar-refractivity contribution in [3.63, 3.8) is 0 Å². The Morgan fingerprint density at radius 2 is 1.82 bits per heavy atom. The van der Waals surface area contributed by atoms with E-state index < -0.39 is 43.8 Å². The molecule has 2 aromatic rings. The van der Waals surface area contributed by atoms with Crippen molar-refractivity contribution >= 4 is 55.5 Å². The molecule has 1 aliphatic carbocycles. The molecule has 6 N–H and O–H groups in total. The number of rotatable bonds is 6. The van der Waals surface area contributed by atoms with Crippen molar-refractivity contribution in [1.29, 1.82) is 0 Å². The number of anilines is 2. The molecule has 210 valence electrons. The number of Topliss-reactive ketones (excluding diaryl/α,β-unsaturated/α-hetero) is 1. The fraction of sp³-hybridized carbons (Fsp3) is 0.346. The maximum Gasteiger partial charge on any atom is 0.229 e. The van der Waals surface area contributed by atoms with Gasteiger partial charge in [0.1, 0.15) is 21.8 Å². The molecule has 2 aliphatic rings. The number of benzene rings is 2. The van der Waals surface area contributed by atoms with Gasteiger partial charge in [0.15, 0.2) is 11.6 Å². The first-order valence-corrected chi connectivity index (χ1v) is 15.5. The van der Waals surface area contributed by atoms with Crippen LogP contribution in [0.1, 0.15) is 51.7 Å². The van der Waals surface area contributed by atoms with Crippen LogP contribution in [0.3, 0.4) is 0 Å². The highest BCUT2D eigenvalue weighted by atomic mass is 32.3. The lowest BCUT2D eigenvalue weighted by atomic mass is 9.69. The van der Waals surface area contributed by atoms with Crippen molar-refractivity contribution in [3.05, 3.63) is 59.2 Å². The van der Waals surface area contributed by atoms with E-state index in [0.29, 0.717) is 17.5 Å². The Morgan fingerprint density at radius 3 is 2.44 bits per heavy atom. The Labute approximate surface area is 229 Å². The van der Waals surface area contributed by atoms with E-state index in [0.717, 1.165) is 6.26 Å². The third-order valence-electron chi connectivity index (χ3n) is 6.42. The Kier molecular flexibility index (Phi) is 7.09. The second-order valence-electron chi connectivity index (χ2n) is 10.9. The molecule has 39 heavy (non-hydrogen) atoms. The number of carbonyl (C=O) groups excluding carboxylic acids is 2. The van der Waals surface area contributed by atoms with Crippen molar-refractivity contribution < 1.29 is 32.2 Å². The highest BCUT2D eigenvalue weighted by Crippen LogP contribution is 2.57. The molecule has 1 amide bonds. The SMILES string of the molecule is CC(=O)NC1(CCC(C)(C)C)C(=O)C(C2=NS(O)(O)c3cc(NS(C)(=O)=O)ccc3N2)=C(O)c2ccccc21. The number of hydrogen-bond donors (Lipinski definition) is 6. The van der Waals surface area contributed by atoms with Crippen LogP contribution in [0, 0.1) is 5.41 Å². The first kappa shape index (κ1) is 28.6. The van der Waals surface area contributed by atoms with E-state index in [-0.39, 0.29) is 39.5 Å². The van der Waals surface area contributed by atoms with E-state index in [1.807, 2.05) is 20.8 Å². The quantitative estimate of drug-likeness (QED) is 0.288. The number of aliphatic hydroxyl groups is 1. The van der Waals surface area contributed by atoms with E-state index in [1.165, 1.54) is 25.1 Å². The van der Waals surface area contributed by atoms with Crippen LogP contribution in [0.4, 0.5) is 11.4 Å². The molecule has 0 saturated heterocycles. The summed E-state index contributed by atoms with van der Waals surface area (Å²) in [5.41, 5.74) is -1.07. The van der Waals surface area contributed by atoms with Gasteiger partial charge in [-0.2, -0.15) is 0 Å². The monoisotopic (exact) mass is 576 g/mol. The number of aliphatic hydroxyl groups excluding tert-OH is 1. The maximum absolute atomic E-state index is 14.3. The van der Waals surface area contributed by atoms with E-state index in [1.54, 1.807) is 24.3 Å². The topological polar surface area (TPSA) is 177 Å². The fourth-order valence-electron chi connectivity index (χ4n) is 4.72. The number of nitrogens with one attached hydrogen (secondary N) is 3. The maximum atomic E-state index is 14.3. The molecule has 4 rings (SSSR count). The Hall–Kier alpha value is -3.39. The van der Waals surface area contributed by atoms with Gasteiger partial charge in [-0.15, -0.1) is 4.40 Å². The van der Waals surface area contributed by atoms with Gasteiger partial charge in [0.2, 0.25) is 15.9 Å². The largest absolute Gasteiger partial charge is 0.506 e. The molecule has 1 heterocycles. The summed E-state index contributed by atoms with van der Waals surface area (Å²) in [6, 6.07) is 10.7. The number of carbonyl (C=O) groups is 2. The Balaban J connectivity index is 1.88. The summed E-state index contributed by atoms with van der Waals surface area (Å²) in [5.74, 6) is -1.81. The molecule has 1 aliphatic heterocycles. The molecule has 0 radical (unpaired) electrons. The van der Waals surface area contributed by atoms with Crippen molar-refractivity contribution in [2.45, 2.75) is 51.0 Å². The van der Waals surface area contributed by atoms with Crippen LogP contribution in [0.5, 0.6) is 0 Å². The van der Waals surface area contributed by atoms with Crippen LogP contribution in [-0.2, 0) is 25.2 Å². The van der Waals surface area contributed by atoms with Gasteiger partial charge in [0.05, 0.1) is 17.6 Å². The third kappa shape index (κ3) is 5.66. The minimum Gasteiger partial charge on any atom is -0.506 e. The summed E-state index contributed by atoms with van der Waals surface area (Å²) in [5, 5.41) is 17.0. The van der Waals surface area contributed by atoms with Gasteiger partial charge in [0.25, 0.3) is 0 Å². The van der Waals surface area contributed by atoms with Crippen LogP contribution in [0.15, 0.2) is 57.3 Å². The molecule has 2 aromatic carbocycles. The zero-order valence-electron chi connectivity index (χ0n) is 22.2. The molecule has 1 atom stereocenters. The molecule has 0 bridgehead atoms. The van der Waals surface area contributed by atoms with Crippen LogP contribution in [-0.4, -0.2) is 46.4 Å². The van der Waals surface area contributed by atoms with E-state index in [9.17, 15) is 32.2 Å². The molecule has 1 unspecified atom stereocenters. The van der Waals surface area contributed by atoms with Gasteiger partial charge in [-0.05, 0) is 42.0 Å². The molecule has 0 spiro atoms. The average molecular weight is 577 g/mol. The van der Waals surface area contributed by atoms with Crippen LogP contribution in [0.2, 0.25) is 0 Å². The van der Waals surface area contributed by atoms with Gasteiger partial charge < -0.3 is 15.7 Å². The highest BCUT2D eigenvalue weighted by Gasteiger charge is 2.50. The summed E-state index contributed by atoms with van der Waals surface area (Å²) in [4.78, 5) is 26.7. The highest BCUT2D eigenvalue weighted by molar-refractivity contribution is 8.23. The zero-order chi connectivity index (χ0) is 29.0. The third-order valence-corrected chi connectivity index (χ3v) is 8.39. The minimum atomic E-state index is -3.93.